The van der Waals surface area contributed by atoms with Crippen molar-refractivity contribution >= 4 is 11.6 Å². The Morgan fingerprint density at radius 2 is 1.81 bits per heavy atom. The van der Waals surface area contributed by atoms with E-state index in [4.69, 9.17) is 17.2 Å². The van der Waals surface area contributed by atoms with Crippen LogP contribution >= 0.6 is 0 Å². The van der Waals surface area contributed by atoms with Gasteiger partial charge in [-0.2, -0.15) is 0 Å². The average molecular weight is 217 g/mol. The van der Waals surface area contributed by atoms with Crippen molar-refractivity contribution in [1.82, 2.24) is 5.32 Å². The lowest BCUT2D eigenvalue weighted by atomic mass is 9.98. The summed E-state index contributed by atoms with van der Waals surface area (Å²) in [5.74, 6) is 0.319. The van der Waals surface area contributed by atoms with Gasteiger partial charge >= 0.3 is 0 Å². The molecule has 16 heavy (non-hydrogen) atoms. The van der Waals surface area contributed by atoms with Gasteiger partial charge in [-0.1, -0.05) is 12.1 Å². The molecule has 0 saturated carbocycles. The highest BCUT2D eigenvalue weighted by molar-refractivity contribution is 5.81. The van der Waals surface area contributed by atoms with Crippen molar-refractivity contribution < 1.29 is 0 Å². The van der Waals surface area contributed by atoms with Gasteiger partial charge in [0, 0.05) is 11.4 Å². The van der Waals surface area contributed by atoms with Crippen LogP contribution in [-0.4, -0.2) is 5.96 Å². The SMILES string of the molecule is CC1=CC(N)(c2ccc(N)cc2)N=C(N)N1. The molecule has 1 aliphatic rings. The van der Waals surface area contributed by atoms with Gasteiger partial charge in [0.15, 0.2) is 11.6 Å². The standard InChI is InChI=1S/C11H15N5/c1-7-6-11(14,16-10(13)15-7)8-2-4-9(12)5-3-8/h2-6H,12,14H2,1H3,(H3,13,15,16). The predicted octanol–water partition coefficient (Wildman–Crippen LogP) is 0.202. The molecule has 0 spiro atoms. The van der Waals surface area contributed by atoms with Gasteiger partial charge in [0.05, 0.1) is 0 Å². The number of allylic oxidation sites excluding steroid dienone is 1. The maximum atomic E-state index is 6.19. The van der Waals surface area contributed by atoms with E-state index in [0.29, 0.717) is 11.6 Å². The first-order valence-electron chi connectivity index (χ1n) is 4.96. The van der Waals surface area contributed by atoms with Crippen molar-refractivity contribution in [1.29, 1.82) is 0 Å². The Kier molecular flexibility index (Phi) is 2.32. The number of anilines is 1. The lowest BCUT2D eigenvalue weighted by molar-refractivity contribution is 0.573. The van der Waals surface area contributed by atoms with Crippen LogP contribution in [0.2, 0.25) is 0 Å². The quantitative estimate of drug-likeness (QED) is 0.505. The first-order chi connectivity index (χ1) is 7.49. The number of guanidine groups is 1. The van der Waals surface area contributed by atoms with Gasteiger partial charge in [0.1, 0.15) is 0 Å². The van der Waals surface area contributed by atoms with Crippen molar-refractivity contribution in [3.8, 4) is 0 Å². The van der Waals surface area contributed by atoms with E-state index < -0.39 is 5.66 Å². The number of benzene rings is 1. The van der Waals surface area contributed by atoms with Crippen LogP contribution < -0.4 is 22.5 Å². The Morgan fingerprint density at radius 1 is 1.19 bits per heavy atom. The number of rotatable bonds is 1. The summed E-state index contributed by atoms with van der Waals surface area (Å²) in [5, 5.41) is 2.90. The predicted molar refractivity (Wildman–Crippen MR) is 65.2 cm³/mol. The van der Waals surface area contributed by atoms with Crippen molar-refractivity contribution in [2.24, 2.45) is 16.5 Å². The molecule has 1 aromatic rings. The summed E-state index contributed by atoms with van der Waals surface area (Å²) < 4.78 is 0. The van der Waals surface area contributed by atoms with Crippen LogP contribution in [0.3, 0.4) is 0 Å². The summed E-state index contributed by atoms with van der Waals surface area (Å²) in [6.45, 7) is 1.89. The summed E-state index contributed by atoms with van der Waals surface area (Å²) in [6, 6.07) is 7.28. The Morgan fingerprint density at radius 3 is 2.38 bits per heavy atom. The van der Waals surface area contributed by atoms with Crippen LogP contribution in [0.5, 0.6) is 0 Å². The Hall–Kier alpha value is -2.01. The van der Waals surface area contributed by atoms with Crippen LogP contribution in [0.25, 0.3) is 0 Å². The maximum Gasteiger partial charge on any atom is 0.195 e. The van der Waals surface area contributed by atoms with E-state index in [-0.39, 0.29) is 0 Å². The molecule has 1 atom stereocenters. The zero-order valence-electron chi connectivity index (χ0n) is 9.07. The zero-order chi connectivity index (χ0) is 11.8. The van der Waals surface area contributed by atoms with Crippen LogP contribution in [0, 0.1) is 0 Å². The minimum absolute atomic E-state index is 0.319. The van der Waals surface area contributed by atoms with Gasteiger partial charge in [0.25, 0.3) is 0 Å². The largest absolute Gasteiger partial charge is 0.399 e. The lowest BCUT2D eigenvalue weighted by Gasteiger charge is -2.27. The molecule has 0 radical (unpaired) electrons. The molecule has 0 amide bonds. The molecule has 1 heterocycles. The van der Waals surface area contributed by atoms with E-state index in [1.165, 1.54) is 0 Å². The number of nitrogen functional groups attached to an aromatic ring is 1. The number of hydrogen-bond donors (Lipinski definition) is 4. The lowest BCUT2D eigenvalue weighted by Crippen LogP contribution is -2.44. The minimum Gasteiger partial charge on any atom is -0.399 e. The van der Waals surface area contributed by atoms with Crippen molar-refractivity contribution in [2.45, 2.75) is 12.6 Å². The highest BCUT2D eigenvalue weighted by Crippen LogP contribution is 2.25. The van der Waals surface area contributed by atoms with E-state index in [1.54, 1.807) is 12.1 Å². The van der Waals surface area contributed by atoms with E-state index in [1.807, 2.05) is 25.1 Å². The van der Waals surface area contributed by atoms with E-state index in [9.17, 15) is 0 Å². The molecule has 1 unspecified atom stereocenters. The van der Waals surface area contributed by atoms with E-state index in [0.717, 1.165) is 11.3 Å². The van der Waals surface area contributed by atoms with Gasteiger partial charge in [-0.15, -0.1) is 0 Å². The first-order valence-corrected chi connectivity index (χ1v) is 4.96. The van der Waals surface area contributed by atoms with Gasteiger partial charge in [-0.05, 0) is 30.7 Å². The van der Waals surface area contributed by atoms with Crippen molar-refractivity contribution in [3.05, 3.63) is 41.6 Å². The fourth-order valence-corrected chi connectivity index (χ4v) is 1.73. The Bertz CT molecular complexity index is 440. The van der Waals surface area contributed by atoms with Crippen LogP contribution in [0.1, 0.15) is 12.5 Å². The maximum absolute atomic E-state index is 6.19. The molecule has 1 aromatic carbocycles. The van der Waals surface area contributed by atoms with Crippen LogP contribution in [-0.2, 0) is 5.66 Å². The highest BCUT2D eigenvalue weighted by Gasteiger charge is 2.27. The summed E-state index contributed by atoms with van der Waals surface area (Å²) in [4.78, 5) is 4.21. The fraction of sp³-hybridized carbons (Fsp3) is 0.182. The monoisotopic (exact) mass is 217 g/mol. The molecule has 5 heteroatoms. The number of nitrogens with zero attached hydrogens (tertiary/aromatic N) is 1. The average Bonchev–Trinajstić information content (AvgIpc) is 2.16. The third kappa shape index (κ3) is 1.85. The van der Waals surface area contributed by atoms with Crippen molar-refractivity contribution in [3.63, 3.8) is 0 Å². The second-order valence-corrected chi connectivity index (χ2v) is 3.90. The molecule has 0 fully saturated rings. The normalized spacial score (nSPS) is 24.4. The molecule has 2 rings (SSSR count). The fourth-order valence-electron chi connectivity index (χ4n) is 1.73. The van der Waals surface area contributed by atoms with E-state index in [2.05, 4.69) is 10.3 Å². The Balaban J connectivity index is 2.45. The van der Waals surface area contributed by atoms with Crippen LogP contribution in [0.4, 0.5) is 5.69 Å². The third-order valence-corrected chi connectivity index (χ3v) is 2.44. The molecule has 1 aliphatic heterocycles. The molecule has 84 valence electrons. The molecular formula is C11H15N5. The minimum atomic E-state index is -0.910. The Labute approximate surface area is 94.0 Å². The number of aliphatic imine (C=N–C) groups is 1. The second-order valence-electron chi connectivity index (χ2n) is 3.90. The summed E-state index contributed by atoms with van der Waals surface area (Å²) in [7, 11) is 0. The highest BCUT2D eigenvalue weighted by atomic mass is 15.2. The third-order valence-electron chi connectivity index (χ3n) is 2.44. The number of hydrogen-bond acceptors (Lipinski definition) is 5. The molecule has 0 bridgehead atoms. The molecule has 0 aromatic heterocycles. The van der Waals surface area contributed by atoms with E-state index >= 15 is 0 Å². The molecular weight excluding hydrogens is 202 g/mol. The topological polar surface area (TPSA) is 102 Å². The van der Waals surface area contributed by atoms with Gasteiger partial charge in [-0.25, -0.2) is 4.99 Å². The number of nitrogens with two attached hydrogens (primary N) is 3. The van der Waals surface area contributed by atoms with Crippen molar-refractivity contribution in [2.75, 3.05) is 5.73 Å². The molecule has 7 N–H and O–H groups in total. The molecule has 5 nitrogen and oxygen atoms in total. The summed E-state index contributed by atoms with van der Waals surface area (Å²) in [5.41, 5.74) is 19.0. The molecule has 0 saturated heterocycles. The summed E-state index contributed by atoms with van der Waals surface area (Å²) in [6.07, 6.45) is 1.83. The number of nitrogens with one attached hydrogen (secondary N) is 1. The molecule has 0 aliphatic carbocycles. The van der Waals surface area contributed by atoms with Gasteiger partial charge in [0.2, 0.25) is 0 Å². The first kappa shape index (κ1) is 10.5. The zero-order valence-corrected chi connectivity index (χ0v) is 9.07. The van der Waals surface area contributed by atoms with Gasteiger partial charge < -0.3 is 16.8 Å². The smallest absolute Gasteiger partial charge is 0.195 e. The second kappa shape index (κ2) is 3.53. The van der Waals surface area contributed by atoms with Crippen LogP contribution in [0.15, 0.2) is 41.0 Å². The van der Waals surface area contributed by atoms with Gasteiger partial charge in [-0.3, -0.25) is 5.73 Å². The summed E-state index contributed by atoms with van der Waals surface area (Å²) >= 11 is 0.